The average molecular weight is 506 g/mol. The number of halogens is 1. The number of anilines is 1. The predicted molar refractivity (Wildman–Crippen MR) is 126 cm³/mol. The molecule has 0 spiro atoms. The monoisotopic (exact) mass is 506 g/mol. The Labute approximate surface area is 186 Å². The Balaban J connectivity index is 0.00000392. The summed E-state index contributed by atoms with van der Waals surface area (Å²) in [6.07, 6.45) is 2.41. The molecule has 1 saturated heterocycles. The van der Waals surface area contributed by atoms with E-state index < -0.39 is 0 Å². The van der Waals surface area contributed by atoms with Gasteiger partial charge in [0.1, 0.15) is 0 Å². The van der Waals surface area contributed by atoms with Gasteiger partial charge in [-0.05, 0) is 45.4 Å². The van der Waals surface area contributed by atoms with Gasteiger partial charge in [-0.3, -0.25) is 9.89 Å². The highest BCUT2D eigenvalue weighted by Gasteiger charge is 2.23. The average Bonchev–Trinajstić information content (AvgIpc) is 3.12. The van der Waals surface area contributed by atoms with E-state index in [0.29, 0.717) is 12.6 Å². The van der Waals surface area contributed by atoms with Crippen LogP contribution >= 0.6 is 24.0 Å². The van der Waals surface area contributed by atoms with Gasteiger partial charge in [-0.1, -0.05) is 0 Å². The quantitative estimate of drug-likeness (QED) is 0.289. The van der Waals surface area contributed by atoms with Crippen molar-refractivity contribution in [1.29, 1.82) is 0 Å². The maximum Gasteiger partial charge on any atom is 0.195 e. The molecular formula is C20H35IN4O3. The highest BCUT2D eigenvalue weighted by molar-refractivity contribution is 14.0. The first-order valence-electron chi connectivity index (χ1n) is 9.80. The van der Waals surface area contributed by atoms with Crippen molar-refractivity contribution in [3.63, 3.8) is 0 Å². The minimum absolute atomic E-state index is 0. The molecule has 160 valence electrons. The molecule has 0 radical (unpaired) electrons. The Bertz CT molecular complexity index is 601. The SMILES string of the molecule is CCNC(=NCC1CCCN1CCOC)Nc1ccc(OC)c(OCC)c1.I. The molecule has 0 aliphatic carbocycles. The Morgan fingerprint density at radius 2 is 2.07 bits per heavy atom. The van der Waals surface area contributed by atoms with E-state index in [4.69, 9.17) is 19.2 Å². The molecule has 1 aromatic rings. The number of nitrogens with one attached hydrogen (secondary N) is 2. The number of benzene rings is 1. The summed E-state index contributed by atoms with van der Waals surface area (Å²) in [6, 6.07) is 6.29. The van der Waals surface area contributed by atoms with Gasteiger partial charge in [0.15, 0.2) is 17.5 Å². The highest BCUT2D eigenvalue weighted by atomic mass is 127. The van der Waals surface area contributed by atoms with Crippen molar-refractivity contribution >= 4 is 35.6 Å². The number of guanidine groups is 1. The lowest BCUT2D eigenvalue weighted by molar-refractivity contribution is 0.143. The number of nitrogens with zero attached hydrogens (tertiary/aromatic N) is 2. The third-order valence-electron chi connectivity index (χ3n) is 4.61. The fourth-order valence-corrected chi connectivity index (χ4v) is 3.27. The molecular weight excluding hydrogens is 471 g/mol. The van der Waals surface area contributed by atoms with Crippen LogP contribution in [0.4, 0.5) is 5.69 Å². The summed E-state index contributed by atoms with van der Waals surface area (Å²) in [7, 11) is 3.40. The van der Waals surface area contributed by atoms with Crippen molar-refractivity contribution in [2.45, 2.75) is 32.7 Å². The maximum atomic E-state index is 5.66. The van der Waals surface area contributed by atoms with Gasteiger partial charge in [-0.2, -0.15) is 0 Å². The zero-order valence-corrected chi connectivity index (χ0v) is 19.8. The molecule has 0 aromatic heterocycles. The van der Waals surface area contributed by atoms with Gasteiger partial charge in [0.25, 0.3) is 0 Å². The first kappa shape index (κ1) is 24.8. The van der Waals surface area contributed by atoms with Gasteiger partial charge in [0, 0.05) is 38.0 Å². The Morgan fingerprint density at radius 3 is 2.75 bits per heavy atom. The van der Waals surface area contributed by atoms with Crippen molar-refractivity contribution in [2.75, 3.05) is 58.9 Å². The van der Waals surface area contributed by atoms with E-state index in [1.54, 1.807) is 14.2 Å². The molecule has 2 N–H and O–H groups in total. The number of hydrogen-bond donors (Lipinski definition) is 2. The summed E-state index contributed by atoms with van der Waals surface area (Å²) in [5.41, 5.74) is 0.918. The smallest absolute Gasteiger partial charge is 0.195 e. The second-order valence-electron chi connectivity index (χ2n) is 6.47. The molecule has 1 heterocycles. The first-order valence-corrected chi connectivity index (χ1v) is 9.80. The second-order valence-corrected chi connectivity index (χ2v) is 6.47. The minimum atomic E-state index is 0. The molecule has 1 aromatic carbocycles. The maximum absolute atomic E-state index is 5.66. The van der Waals surface area contributed by atoms with E-state index in [1.165, 1.54) is 12.8 Å². The van der Waals surface area contributed by atoms with Crippen LogP contribution < -0.4 is 20.1 Å². The van der Waals surface area contributed by atoms with Crippen molar-refractivity contribution in [2.24, 2.45) is 4.99 Å². The summed E-state index contributed by atoms with van der Waals surface area (Å²) in [6.45, 7) is 9.06. The molecule has 0 saturated carbocycles. The normalized spacial score (nSPS) is 17.1. The fourth-order valence-electron chi connectivity index (χ4n) is 3.27. The molecule has 2 rings (SSSR count). The Hall–Kier alpha value is -1.26. The van der Waals surface area contributed by atoms with Crippen molar-refractivity contribution in [3.05, 3.63) is 18.2 Å². The van der Waals surface area contributed by atoms with Crippen LogP contribution in [0.15, 0.2) is 23.2 Å². The van der Waals surface area contributed by atoms with Crippen LogP contribution in [-0.4, -0.2) is 70.5 Å². The van der Waals surface area contributed by atoms with E-state index in [9.17, 15) is 0 Å². The predicted octanol–water partition coefficient (Wildman–Crippen LogP) is 3.20. The molecule has 1 aliphatic heterocycles. The molecule has 1 atom stereocenters. The van der Waals surface area contributed by atoms with Gasteiger partial charge in [0.2, 0.25) is 0 Å². The van der Waals surface area contributed by atoms with Gasteiger partial charge in [-0.25, -0.2) is 0 Å². The molecule has 0 amide bonds. The number of aliphatic imine (C=N–C) groups is 1. The third-order valence-corrected chi connectivity index (χ3v) is 4.61. The summed E-state index contributed by atoms with van der Waals surface area (Å²) < 4.78 is 16.2. The topological polar surface area (TPSA) is 67.4 Å². The molecule has 8 heteroatoms. The van der Waals surface area contributed by atoms with Crippen LogP contribution in [0.5, 0.6) is 11.5 Å². The third kappa shape index (κ3) is 7.63. The van der Waals surface area contributed by atoms with Crippen LogP contribution in [-0.2, 0) is 4.74 Å². The summed E-state index contributed by atoms with van der Waals surface area (Å²) in [5.74, 6) is 2.23. The number of ether oxygens (including phenoxy) is 3. The Kier molecular flexibility index (Phi) is 12.2. The van der Waals surface area contributed by atoms with Gasteiger partial charge < -0.3 is 24.8 Å². The van der Waals surface area contributed by atoms with Crippen molar-refractivity contribution in [1.82, 2.24) is 10.2 Å². The van der Waals surface area contributed by atoms with E-state index >= 15 is 0 Å². The van der Waals surface area contributed by atoms with Crippen LogP contribution in [0.25, 0.3) is 0 Å². The van der Waals surface area contributed by atoms with Gasteiger partial charge >= 0.3 is 0 Å². The van der Waals surface area contributed by atoms with Crippen LogP contribution in [0.1, 0.15) is 26.7 Å². The molecule has 1 fully saturated rings. The van der Waals surface area contributed by atoms with Crippen LogP contribution in [0, 0.1) is 0 Å². The van der Waals surface area contributed by atoms with Crippen LogP contribution in [0.3, 0.4) is 0 Å². The molecule has 28 heavy (non-hydrogen) atoms. The first-order chi connectivity index (χ1) is 13.2. The number of methoxy groups -OCH3 is 2. The minimum Gasteiger partial charge on any atom is -0.493 e. The lowest BCUT2D eigenvalue weighted by Crippen LogP contribution is -2.36. The largest absolute Gasteiger partial charge is 0.493 e. The number of hydrogen-bond acceptors (Lipinski definition) is 5. The summed E-state index contributed by atoms with van der Waals surface area (Å²) in [5, 5.41) is 6.69. The van der Waals surface area contributed by atoms with E-state index in [-0.39, 0.29) is 24.0 Å². The number of rotatable bonds is 10. The highest BCUT2D eigenvalue weighted by Crippen LogP contribution is 2.30. The molecule has 7 nitrogen and oxygen atoms in total. The lowest BCUT2D eigenvalue weighted by atomic mass is 10.2. The molecule has 1 unspecified atom stereocenters. The van der Waals surface area contributed by atoms with Crippen molar-refractivity contribution in [3.8, 4) is 11.5 Å². The fraction of sp³-hybridized carbons (Fsp3) is 0.650. The molecule has 1 aliphatic rings. The Morgan fingerprint density at radius 1 is 1.25 bits per heavy atom. The lowest BCUT2D eigenvalue weighted by Gasteiger charge is -2.23. The van der Waals surface area contributed by atoms with Gasteiger partial charge in [-0.15, -0.1) is 24.0 Å². The van der Waals surface area contributed by atoms with Gasteiger partial charge in [0.05, 0.1) is 26.9 Å². The standard InChI is InChI=1S/C20H34N4O3.HI/c1-5-21-20(22-15-17-8-7-11-24(17)12-13-25-3)23-16-9-10-18(26-4)19(14-16)27-6-2;/h9-10,14,17H,5-8,11-13,15H2,1-4H3,(H2,21,22,23);1H. The van der Waals surface area contributed by atoms with E-state index in [2.05, 4.69) is 22.5 Å². The second kappa shape index (κ2) is 13.8. The van der Waals surface area contributed by atoms with E-state index in [1.807, 2.05) is 25.1 Å². The number of likely N-dealkylation sites (tertiary alicyclic amines) is 1. The zero-order chi connectivity index (χ0) is 19.5. The zero-order valence-electron chi connectivity index (χ0n) is 17.5. The summed E-state index contributed by atoms with van der Waals surface area (Å²) >= 11 is 0. The van der Waals surface area contributed by atoms with Crippen LogP contribution in [0.2, 0.25) is 0 Å². The summed E-state index contributed by atoms with van der Waals surface area (Å²) in [4.78, 5) is 7.28. The molecule has 0 bridgehead atoms. The van der Waals surface area contributed by atoms with Crippen molar-refractivity contribution < 1.29 is 14.2 Å². The van der Waals surface area contributed by atoms with E-state index in [0.717, 1.165) is 55.9 Å².